The van der Waals surface area contributed by atoms with E-state index in [4.69, 9.17) is 4.74 Å². The Balaban J connectivity index is 1.51. The summed E-state index contributed by atoms with van der Waals surface area (Å²) in [4.78, 5) is 4.79. The van der Waals surface area contributed by atoms with Crippen LogP contribution in [0.25, 0.3) is 0 Å². The summed E-state index contributed by atoms with van der Waals surface area (Å²) < 4.78 is 18.5. The maximum atomic E-state index is 13.1. The topological polar surface area (TPSA) is 35.9 Å². The van der Waals surface area contributed by atoms with E-state index in [1.807, 2.05) is 18.2 Å². The first-order chi connectivity index (χ1) is 12.7. The van der Waals surface area contributed by atoms with Crippen molar-refractivity contribution in [3.05, 3.63) is 59.9 Å². The number of para-hydroxylation sites is 2. The Kier molecular flexibility index (Phi) is 6.47. The molecule has 140 valence electrons. The van der Waals surface area contributed by atoms with Crippen LogP contribution in [0.3, 0.4) is 0 Å². The van der Waals surface area contributed by atoms with Gasteiger partial charge in [-0.1, -0.05) is 24.3 Å². The van der Waals surface area contributed by atoms with E-state index in [1.54, 1.807) is 19.2 Å². The monoisotopic (exact) mass is 358 g/mol. The Labute approximate surface area is 154 Å². The predicted molar refractivity (Wildman–Crippen MR) is 102 cm³/mol. The van der Waals surface area contributed by atoms with E-state index in [2.05, 4.69) is 15.9 Å². The molecule has 2 aromatic rings. The van der Waals surface area contributed by atoms with Crippen molar-refractivity contribution in [2.75, 3.05) is 51.3 Å². The highest BCUT2D eigenvalue weighted by Gasteiger charge is 2.20. The zero-order chi connectivity index (χ0) is 18.4. The van der Waals surface area contributed by atoms with Crippen LogP contribution < -0.4 is 9.64 Å². The molecular formula is C21H27FN2O2. The van der Waals surface area contributed by atoms with Gasteiger partial charge in [-0.3, -0.25) is 4.90 Å². The van der Waals surface area contributed by atoms with E-state index in [9.17, 15) is 9.50 Å². The second-order valence-electron chi connectivity index (χ2n) is 6.72. The first-order valence-corrected chi connectivity index (χ1v) is 9.18. The van der Waals surface area contributed by atoms with E-state index in [1.165, 1.54) is 12.1 Å². The molecule has 0 saturated carbocycles. The normalized spacial score (nSPS) is 16.5. The number of hydrogen-bond acceptors (Lipinski definition) is 4. The molecule has 1 heterocycles. The molecule has 0 bridgehead atoms. The van der Waals surface area contributed by atoms with Crippen LogP contribution in [0.4, 0.5) is 10.1 Å². The van der Waals surface area contributed by atoms with Crippen LogP contribution in [0, 0.1) is 5.82 Å². The molecule has 3 rings (SSSR count). The minimum Gasteiger partial charge on any atom is -0.495 e. The maximum Gasteiger partial charge on any atom is 0.142 e. The number of piperazine rings is 1. The van der Waals surface area contributed by atoms with Gasteiger partial charge < -0.3 is 14.7 Å². The fraction of sp³-hybridized carbons (Fsp3) is 0.429. The third kappa shape index (κ3) is 4.54. The van der Waals surface area contributed by atoms with E-state index >= 15 is 0 Å². The molecule has 0 radical (unpaired) electrons. The Hall–Kier alpha value is -2.11. The zero-order valence-corrected chi connectivity index (χ0v) is 15.3. The fourth-order valence-corrected chi connectivity index (χ4v) is 3.54. The third-order valence-electron chi connectivity index (χ3n) is 5.15. The molecule has 26 heavy (non-hydrogen) atoms. The van der Waals surface area contributed by atoms with Gasteiger partial charge >= 0.3 is 0 Å². The number of nitrogens with zero attached hydrogens (tertiary/aromatic N) is 2. The average Bonchev–Trinajstić information content (AvgIpc) is 2.70. The van der Waals surface area contributed by atoms with E-state index in [0.29, 0.717) is 0 Å². The Bertz CT molecular complexity index is 685. The summed E-state index contributed by atoms with van der Waals surface area (Å²) in [5, 5.41) is 9.69. The Morgan fingerprint density at radius 2 is 1.73 bits per heavy atom. The van der Waals surface area contributed by atoms with Gasteiger partial charge in [0.2, 0.25) is 0 Å². The highest BCUT2D eigenvalue weighted by molar-refractivity contribution is 5.58. The number of anilines is 1. The molecule has 0 aliphatic carbocycles. The lowest BCUT2D eigenvalue weighted by Crippen LogP contribution is -2.47. The molecule has 1 fully saturated rings. The number of halogens is 1. The SMILES string of the molecule is COc1ccccc1N1CCN(CCC(CO)c2ccc(F)cc2)CC1. The van der Waals surface area contributed by atoms with Crippen molar-refractivity contribution in [3.63, 3.8) is 0 Å². The molecule has 1 atom stereocenters. The predicted octanol–water partition coefficient (Wildman–Crippen LogP) is 3.12. The van der Waals surface area contributed by atoms with Crippen molar-refractivity contribution in [2.24, 2.45) is 0 Å². The quantitative estimate of drug-likeness (QED) is 0.825. The number of ether oxygens (including phenoxy) is 1. The number of methoxy groups -OCH3 is 1. The van der Waals surface area contributed by atoms with Crippen molar-refractivity contribution < 1.29 is 14.2 Å². The Morgan fingerprint density at radius 1 is 1.04 bits per heavy atom. The summed E-state index contributed by atoms with van der Waals surface area (Å²) >= 11 is 0. The molecule has 1 aliphatic heterocycles. The summed E-state index contributed by atoms with van der Waals surface area (Å²) in [6.07, 6.45) is 0.872. The smallest absolute Gasteiger partial charge is 0.142 e. The summed E-state index contributed by atoms with van der Waals surface area (Å²) in [6.45, 7) is 4.91. The van der Waals surface area contributed by atoms with Crippen molar-refractivity contribution in [1.29, 1.82) is 0 Å². The van der Waals surface area contributed by atoms with E-state index in [-0.39, 0.29) is 18.3 Å². The van der Waals surface area contributed by atoms with Crippen LogP contribution in [0.1, 0.15) is 17.9 Å². The zero-order valence-electron chi connectivity index (χ0n) is 15.3. The fourth-order valence-electron chi connectivity index (χ4n) is 3.54. The number of aliphatic hydroxyl groups excluding tert-OH is 1. The standard InChI is InChI=1S/C21H27FN2O2/c1-26-21-5-3-2-4-20(21)24-14-12-23(13-15-24)11-10-18(16-25)17-6-8-19(22)9-7-17/h2-9,18,25H,10-16H2,1H3. The van der Waals surface area contributed by atoms with Crippen molar-refractivity contribution >= 4 is 5.69 Å². The van der Waals surface area contributed by atoms with E-state index < -0.39 is 0 Å². The van der Waals surface area contributed by atoms with Gasteiger partial charge in [-0.05, 0) is 42.8 Å². The number of rotatable bonds is 7. The van der Waals surface area contributed by atoms with Crippen molar-refractivity contribution in [1.82, 2.24) is 4.90 Å². The van der Waals surface area contributed by atoms with Gasteiger partial charge in [0, 0.05) is 38.7 Å². The maximum absolute atomic E-state index is 13.1. The molecule has 4 nitrogen and oxygen atoms in total. The summed E-state index contributed by atoms with van der Waals surface area (Å²) in [7, 11) is 1.71. The second kappa shape index (κ2) is 9.01. The molecule has 1 aliphatic rings. The third-order valence-corrected chi connectivity index (χ3v) is 5.15. The molecule has 0 aromatic heterocycles. The minimum absolute atomic E-state index is 0.0582. The molecule has 1 N–H and O–H groups in total. The second-order valence-corrected chi connectivity index (χ2v) is 6.72. The molecule has 2 aromatic carbocycles. The van der Waals surface area contributed by atoms with Crippen LogP contribution in [0.2, 0.25) is 0 Å². The van der Waals surface area contributed by atoms with Crippen LogP contribution in [0.5, 0.6) is 5.75 Å². The van der Waals surface area contributed by atoms with Crippen LogP contribution in [-0.2, 0) is 0 Å². The Morgan fingerprint density at radius 3 is 2.38 bits per heavy atom. The molecule has 1 unspecified atom stereocenters. The number of benzene rings is 2. The largest absolute Gasteiger partial charge is 0.495 e. The van der Waals surface area contributed by atoms with Crippen LogP contribution >= 0.6 is 0 Å². The highest BCUT2D eigenvalue weighted by atomic mass is 19.1. The van der Waals surface area contributed by atoms with Gasteiger partial charge in [-0.25, -0.2) is 4.39 Å². The molecule has 0 amide bonds. The lowest BCUT2D eigenvalue weighted by Gasteiger charge is -2.37. The summed E-state index contributed by atoms with van der Waals surface area (Å²) in [5.41, 5.74) is 2.15. The van der Waals surface area contributed by atoms with Crippen LogP contribution in [0.15, 0.2) is 48.5 Å². The molecular weight excluding hydrogens is 331 g/mol. The van der Waals surface area contributed by atoms with Gasteiger partial charge in [0.1, 0.15) is 11.6 Å². The summed E-state index contributed by atoms with van der Waals surface area (Å²) in [6, 6.07) is 14.6. The first-order valence-electron chi connectivity index (χ1n) is 9.18. The number of aliphatic hydroxyl groups is 1. The van der Waals surface area contributed by atoms with E-state index in [0.717, 1.165) is 56.1 Å². The minimum atomic E-state index is -0.238. The van der Waals surface area contributed by atoms with Crippen molar-refractivity contribution in [3.8, 4) is 5.75 Å². The van der Waals surface area contributed by atoms with Gasteiger partial charge in [-0.2, -0.15) is 0 Å². The van der Waals surface area contributed by atoms with Crippen LogP contribution in [-0.4, -0.2) is 56.4 Å². The average molecular weight is 358 g/mol. The first kappa shape index (κ1) is 18.7. The highest BCUT2D eigenvalue weighted by Crippen LogP contribution is 2.28. The van der Waals surface area contributed by atoms with Gasteiger partial charge in [0.25, 0.3) is 0 Å². The molecule has 0 spiro atoms. The van der Waals surface area contributed by atoms with Gasteiger partial charge in [0.05, 0.1) is 12.8 Å². The lowest BCUT2D eigenvalue weighted by molar-refractivity contribution is 0.216. The van der Waals surface area contributed by atoms with Gasteiger partial charge in [0.15, 0.2) is 0 Å². The van der Waals surface area contributed by atoms with Gasteiger partial charge in [-0.15, -0.1) is 0 Å². The lowest BCUT2D eigenvalue weighted by atomic mass is 9.96. The van der Waals surface area contributed by atoms with Crippen molar-refractivity contribution in [2.45, 2.75) is 12.3 Å². The molecule has 5 heteroatoms. The number of hydrogen-bond donors (Lipinski definition) is 1. The molecule has 1 saturated heterocycles. The summed E-state index contributed by atoms with van der Waals surface area (Å²) in [5.74, 6) is 0.735.